The smallest absolute Gasteiger partial charge is 0.137 e. The Bertz CT molecular complexity index is 222. The molecule has 3 fully saturated rings. The van der Waals surface area contributed by atoms with Crippen molar-refractivity contribution < 1.29 is 9.53 Å². The molecule has 3 aliphatic rings. The van der Waals surface area contributed by atoms with Gasteiger partial charge >= 0.3 is 0 Å². The molecular formula is C11H16O2. The topological polar surface area (TPSA) is 26.3 Å². The molecule has 0 bridgehead atoms. The molecule has 0 aromatic carbocycles. The Kier molecular flexibility index (Phi) is 1.72. The van der Waals surface area contributed by atoms with Crippen LogP contribution < -0.4 is 0 Å². The lowest BCUT2D eigenvalue weighted by Gasteiger charge is -2.24. The van der Waals surface area contributed by atoms with E-state index in [-0.39, 0.29) is 0 Å². The summed E-state index contributed by atoms with van der Waals surface area (Å²) in [5, 5.41) is 0. The molecule has 0 amide bonds. The van der Waals surface area contributed by atoms with E-state index < -0.39 is 0 Å². The number of carbonyl (C=O) groups is 1. The average Bonchev–Trinajstić information content (AvgIpc) is 2.53. The van der Waals surface area contributed by atoms with Crippen LogP contribution in [0.1, 0.15) is 25.7 Å². The lowest BCUT2D eigenvalue weighted by molar-refractivity contribution is -0.123. The molecular weight excluding hydrogens is 164 g/mol. The van der Waals surface area contributed by atoms with Crippen LogP contribution in [0.2, 0.25) is 0 Å². The van der Waals surface area contributed by atoms with E-state index >= 15 is 0 Å². The third-order valence-electron chi connectivity index (χ3n) is 4.04. The van der Waals surface area contributed by atoms with Crippen molar-refractivity contribution in [3.63, 3.8) is 0 Å². The van der Waals surface area contributed by atoms with Crippen LogP contribution in [-0.2, 0) is 9.53 Å². The monoisotopic (exact) mass is 180 g/mol. The third kappa shape index (κ3) is 1.23. The van der Waals surface area contributed by atoms with Crippen molar-refractivity contribution in [2.45, 2.75) is 25.7 Å². The molecule has 2 nitrogen and oxygen atoms in total. The lowest BCUT2D eigenvalue weighted by atomic mass is 9.81. The number of Topliss-reactive ketones (excluding diaryl/α,β-unsaturated/α-hetero) is 1. The van der Waals surface area contributed by atoms with E-state index in [0.717, 1.165) is 25.6 Å². The van der Waals surface area contributed by atoms with Crippen molar-refractivity contribution in [1.29, 1.82) is 0 Å². The van der Waals surface area contributed by atoms with Crippen molar-refractivity contribution in [3.8, 4) is 0 Å². The highest BCUT2D eigenvalue weighted by Crippen LogP contribution is 2.52. The van der Waals surface area contributed by atoms with Crippen molar-refractivity contribution in [2.75, 3.05) is 13.2 Å². The van der Waals surface area contributed by atoms with E-state index in [2.05, 4.69) is 0 Å². The van der Waals surface area contributed by atoms with Gasteiger partial charge in [-0.05, 0) is 17.8 Å². The number of rotatable bonds is 3. The molecule has 2 unspecified atom stereocenters. The molecule has 0 radical (unpaired) electrons. The molecule has 2 aliphatic carbocycles. The Labute approximate surface area is 78.6 Å². The average molecular weight is 180 g/mol. The maximum Gasteiger partial charge on any atom is 0.137 e. The van der Waals surface area contributed by atoms with Gasteiger partial charge in [0.15, 0.2) is 0 Å². The van der Waals surface area contributed by atoms with Gasteiger partial charge < -0.3 is 4.74 Å². The summed E-state index contributed by atoms with van der Waals surface area (Å²) in [5.41, 5.74) is 0. The minimum atomic E-state index is 0.411. The number of hydrogen-bond acceptors (Lipinski definition) is 2. The molecule has 0 aromatic rings. The first-order valence-corrected chi connectivity index (χ1v) is 5.46. The van der Waals surface area contributed by atoms with Gasteiger partial charge in [0.05, 0.1) is 13.2 Å². The van der Waals surface area contributed by atoms with Crippen LogP contribution in [0.3, 0.4) is 0 Å². The Morgan fingerprint density at radius 1 is 1.23 bits per heavy atom. The fraction of sp³-hybridized carbons (Fsp3) is 0.909. The van der Waals surface area contributed by atoms with Gasteiger partial charge in [0.1, 0.15) is 5.78 Å². The highest BCUT2D eigenvalue weighted by atomic mass is 16.5. The largest absolute Gasteiger partial charge is 0.381 e. The summed E-state index contributed by atoms with van der Waals surface area (Å²) in [6, 6.07) is 0. The van der Waals surface area contributed by atoms with Crippen LogP contribution in [0.15, 0.2) is 0 Å². The highest BCUT2D eigenvalue weighted by molar-refractivity contribution is 5.84. The summed E-state index contributed by atoms with van der Waals surface area (Å²) < 4.78 is 5.28. The fourth-order valence-corrected chi connectivity index (χ4v) is 2.83. The van der Waals surface area contributed by atoms with E-state index in [1.807, 2.05) is 0 Å². The predicted molar refractivity (Wildman–Crippen MR) is 48.3 cm³/mol. The molecule has 3 rings (SSSR count). The van der Waals surface area contributed by atoms with E-state index in [1.54, 1.807) is 0 Å². The van der Waals surface area contributed by atoms with Gasteiger partial charge in [0.25, 0.3) is 0 Å². The molecule has 0 aromatic heterocycles. The van der Waals surface area contributed by atoms with E-state index in [4.69, 9.17) is 4.74 Å². The van der Waals surface area contributed by atoms with Crippen molar-refractivity contribution >= 4 is 5.78 Å². The quantitative estimate of drug-likeness (QED) is 0.660. The van der Waals surface area contributed by atoms with Crippen molar-refractivity contribution in [3.05, 3.63) is 0 Å². The normalized spacial score (nSPS) is 42.6. The molecule has 0 N–H and O–H groups in total. The van der Waals surface area contributed by atoms with Gasteiger partial charge in [-0.1, -0.05) is 19.3 Å². The summed E-state index contributed by atoms with van der Waals surface area (Å²) in [5.74, 6) is 2.94. The number of fused-ring (bicyclic) bond motifs is 1. The van der Waals surface area contributed by atoms with E-state index in [0.29, 0.717) is 23.5 Å². The van der Waals surface area contributed by atoms with Crippen LogP contribution in [-0.4, -0.2) is 19.0 Å². The van der Waals surface area contributed by atoms with Crippen LogP contribution in [0.4, 0.5) is 0 Å². The molecule has 1 aliphatic heterocycles. The van der Waals surface area contributed by atoms with Gasteiger partial charge in [-0.25, -0.2) is 0 Å². The number of carbonyl (C=O) groups excluding carboxylic acids is 1. The zero-order valence-electron chi connectivity index (χ0n) is 7.87. The fourth-order valence-electron chi connectivity index (χ4n) is 2.83. The van der Waals surface area contributed by atoms with Gasteiger partial charge in [0.2, 0.25) is 0 Å². The first-order valence-electron chi connectivity index (χ1n) is 5.46. The molecule has 0 spiro atoms. The summed E-state index contributed by atoms with van der Waals surface area (Å²) >= 11 is 0. The Balaban J connectivity index is 1.52. The first kappa shape index (κ1) is 7.98. The minimum Gasteiger partial charge on any atom is -0.381 e. The highest BCUT2D eigenvalue weighted by Gasteiger charge is 2.57. The van der Waals surface area contributed by atoms with E-state index in [1.165, 1.54) is 19.3 Å². The predicted octanol–water partition coefficient (Wildman–Crippen LogP) is 1.64. The molecule has 2 heteroatoms. The maximum absolute atomic E-state index is 11.8. The van der Waals surface area contributed by atoms with Crippen LogP contribution >= 0.6 is 0 Å². The first-order chi connectivity index (χ1) is 6.36. The second kappa shape index (κ2) is 2.81. The van der Waals surface area contributed by atoms with Crippen LogP contribution in [0.5, 0.6) is 0 Å². The maximum atomic E-state index is 11.8. The van der Waals surface area contributed by atoms with Gasteiger partial charge in [-0.2, -0.15) is 0 Å². The molecule has 13 heavy (non-hydrogen) atoms. The van der Waals surface area contributed by atoms with Gasteiger partial charge in [-0.3, -0.25) is 4.79 Å². The van der Waals surface area contributed by atoms with Crippen LogP contribution in [0, 0.1) is 23.7 Å². The zero-order chi connectivity index (χ0) is 8.84. The van der Waals surface area contributed by atoms with Gasteiger partial charge in [-0.15, -0.1) is 0 Å². The summed E-state index contributed by atoms with van der Waals surface area (Å²) in [6.45, 7) is 1.71. The summed E-state index contributed by atoms with van der Waals surface area (Å²) in [7, 11) is 0. The van der Waals surface area contributed by atoms with E-state index in [9.17, 15) is 4.79 Å². The second-order valence-electron chi connectivity index (χ2n) is 4.86. The standard InChI is InChI=1S/C11H16O2/c12-10(4-7-2-1-3-7)11-8-5-13-6-9(8)11/h7-9,11H,1-6H2. The van der Waals surface area contributed by atoms with Crippen LogP contribution in [0.25, 0.3) is 0 Å². The molecule has 1 saturated heterocycles. The van der Waals surface area contributed by atoms with Gasteiger partial charge in [0, 0.05) is 12.3 Å². The lowest BCUT2D eigenvalue weighted by Crippen LogP contribution is -2.19. The second-order valence-corrected chi connectivity index (χ2v) is 4.86. The SMILES string of the molecule is O=C(CC1CCC1)C1C2COCC21. The number of ketones is 1. The van der Waals surface area contributed by atoms with Crippen molar-refractivity contribution in [1.82, 2.24) is 0 Å². The minimum absolute atomic E-state index is 0.411. The zero-order valence-corrected chi connectivity index (χ0v) is 7.87. The Morgan fingerprint density at radius 3 is 2.46 bits per heavy atom. The Morgan fingerprint density at radius 2 is 1.92 bits per heavy atom. The molecule has 2 saturated carbocycles. The summed E-state index contributed by atoms with van der Waals surface area (Å²) in [6.07, 6.45) is 4.81. The Hall–Kier alpha value is -0.370. The molecule has 72 valence electrons. The van der Waals surface area contributed by atoms with Crippen molar-refractivity contribution in [2.24, 2.45) is 23.7 Å². The third-order valence-corrected chi connectivity index (χ3v) is 4.04. The molecule has 1 heterocycles. The molecule has 2 atom stereocenters. The number of ether oxygens (including phenoxy) is 1. The summed E-state index contributed by atoms with van der Waals surface area (Å²) in [4.78, 5) is 11.8. The number of hydrogen-bond donors (Lipinski definition) is 0.